The number of allylic oxidation sites excluding steroid dienone is 3. The van der Waals surface area contributed by atoms with E-state index in [0.29, 0.717) is 10.8 Å². The SMILES string of the molecule is C=C1CCC2(C)C(C)CCC3(C)C(=C)CCC3CC(=C)CC2C1. The maximum atomic E-state index is 4.52. The highest BCUT2D eigenvalue weighted by molar-refractivity contribution is 5.20. The van der Waals surface area contributed by atoms with Crippen LogP contribution in [0, 0.1) is 28.6 Å². The summed E-state index contributed by atoms with van der Waals surface area (Å²) in [5.41, 5.74) is 5.31. The van der Waals surface area contributed by atoms with E-state index in [1.54, 1.807) is 0 Å². The molecular formula is C23H36. The Hall–Kier alpha value is -0.780. The summed E-state index contributed by atoms with van der Waals surface area (Å²) in [4.78, 5) is 0. The highest BCUT2D eigenvalue weighted by Gasteiger charge is 2.46. The molecule has 128 valence electrons. The Labute approximate surface area is 144 Å². The fourth-order valence-electron chi connectivity index (χ4n) is 5.86. The van der Waals surface area contributed by atoms with E-state index in [4.69, 9.17) is 0 Å². The van der Waals surface area contributed by atoms with Gasteiger partial charge >= 0.3 is 0 Å². The molecule has 3 saturated carbocycles. The number of hydrogen-bond donors (Lipinski definition) is 0. The Balaban J connectivity index is 1.90. The van der Waals surface area contributed by atoms with Crippen LogP contribution in [-0.2, 0) is 0 Å². The minimum Gasteiger partial charge on any atom is -0.0999 e. The van der Waals surface area contributed by atoms with Crippen molar-refractivity contribution in [3.05, 3.63) is 36.5 Å². The van der Waals surface area contributed by atoms with Crippen LogP contribution >= 0.6 is 0 Å². The van der Waals surface area contributed by atoms with Gasteiger partial charge in [0.2, 0.25) is 0 Å². The normalized spacial score (nSPS) is 45.5. The van der Waals surface area contributed by atoms with Gasteiger partial charge in [0.05, 0.1) is 0 Å². The molecule has 0 heteroatoms. The largest absolute Gasteiger partial charge is 0.0999 e. The summed E-state index contributed by atoms with van der Waals surface area (Å²) in [5, 5.41) is 0. The van der Waals surface area contributed by atoms with Gasteiger partial charge in [0, 0.05) is 0 Å². The quantitative estimate of drug-likeness (QED) is 0.419. The zero-order valence-electron chi connectivity index (χ0n) is 15.7. The van der Waals surface area contributed by atoms with E-state index < -0.39 is 0 Å². The van der Waals surface area contributed by atoms with Crippen LogP contribution in [0.5, 0.6) is 0 Å². The molecule has 5 atom stereocenters. The summed E-state index contributed by atoms with van der Waals surface area (Å²) >= 11 is 0. The lowest BCUT2D eigenvalue weighted by atomic mass is 9.56. The monoisotopic (exact) mass is 312 g/mol. The maximum Gasteiger partial charge on any atom is -0.00876 e. The molecule has 5 unspecified atom stereocenters. The lowest BCUT2D eigenvalue weighted by Gasteiger charge is -2.49. The summed E-state index contributed by atoms with van der Waals surface area (Å²) in [6.45, 7) is 20.9. The van der Waals surface area contributed by atoms with Gasteiger partial charge in [-0.3, -0.25) is 0 Å². The van der Waals surface area contributed by atoms with Crippen molar-refractivity contribution >= 4 is 0 Å². The Morgan fingerprint density at radius 3 is 2.22 bits per heavy atom. The van der Waals surface area contributed by atoms with Crippen molar-refractivity contribution in [2.45, 2.75) is 78.6 Å². The molecule has 3 fully saturated rings. The van der Waals surface area contributed by atoms with Crippen LogP contribution in [0.25, 0.3) is 0 Å². The summed E-state index contributed by atoms with van der Waals surface area (Å²) in [7, 11) is 0. The lowest BCUT2D eigenvalue weighted by molar-refractivity contribution is 0.0497. The minimum absolute atomic E-state index is 0.360. The van der Waals surface area contributed by atoms with E-state index >= 15 is 0 Å². The van der Waals surface area contributed by atoms with E-state index in [1.165, 1.54) is 74.5 Å². The van der Waals surface area contributed by atoms with Crippen molar-refractivity contribution in [1.82, 2.24) is 0 Å². The molecule has 23 heavy (non-hydrogen) atoms. The second-order valence-corrected chi connectivity index (χ2v) is 9.51. The van der Waals surface area contributed by atoms with E-state index in [-0.39, 0.29) is 0 Å². The Morgan fingerprint density at radius 2 is 1.48 bits per heavy atom. The molecule has 0 spiro atoms. The molecule has 3 aliphatic carbocycles. The number of fused-ring (bicyclic) bond motifs is 2. The first-order chi connectivity index (χ1) is 10.8. The van der Waals surface area contributed by atoms with Crippen LogP contribution < -0.4 is 0 Å². The third-order valence-electron chi connectivity index (χ3n) is 8.28. The summed E-state index contributed by atoms with van der Waals surface area (Å²) in [5.74, 6) is 2.34. The van der Waals surface area contributed by atoms with Crippen LogP contribution in [0.4, 0.5) is 0 Å². The van der Waals surface area contributed by atoms with E-state index in [1.807, 2.05) is 0 Å². The molecule has 0 aliphatic heterocycles. The van der Waals surface area contributed by atoms with Gasteiger partial charge in [0.1, 0.15) is 0 Å². The fourth-order valence-corrected chi connectivity index (χ4v) is 5.86. The van der Waals surface area contributed by atoms with Gasteiger partial charge in [-0.2, -0.15) is 0 Å². The molecule has 0 aromatic carbocycles. The highest BCUT2D eigenvalue weighted by atomic mass is 14.5. The minimum atomic E-state index is 0.360. The van der Waals surface area contributed by atoms with Crippen molar-refractivity contribution in [3.63, 3.8) is 0 Å². The molecule has 0 nitrogen and oxygen atoms in total. The van der Waals surface area contributed by atoms with Crippen LogP contribution in [0.2, 0.25) is 0 Å². The smallest absolute Gasteiger partial charge is 0.00876 e. The lowest BCUT2D eigenvalue weighted by Crippen LogP contribution is -2.39. The van der Waals surface area contributed by atoms with Crippen molar-refractivity contribution in [3.8, 4) is 0 Å². The van der Waals surface area contributed by atoms with Gasteiger partial charge in [0.25, 0.3) is 0 Å². The van der Waals surface area contributed by atoms with Gasteiger partial charge in [-0.05, 0) is 86.4 Å². The molecule has 0 bridgehead atoms. The average molecular weight is 313 g/mol. The topological polar surface area (TPSA) is 0 Å². The standard InChI is InChI=1S/C23H36/c1-16-9-11-23(6)19(4)10-12-22(5)18(3)7-8-20(22)14-17(2)15-21(23)13-16/h19-21H,1-3,7-15H2,4-6H3. The van der Waals surface area contributed by atoms with Gasteiger partial charge in [-0.25, -0.2) is 0 Å². The van der Waals surface area contributed by atoms with Crippen LogP contribution in [0.15, 0.2) is 36.5 Å². The second-order valence-electron chi connectivity index (χ2n) is 9.51. The molecule has 0 aromatic heterocycles. The molecule has 0 saturated heterocycles. The van der Waals surface area contributed by atoms with Crippen LogP contribution in [0.1, 0.15) is 78.6 Å². The van der Waals surface area contributed by atoms with E-state index in [0.717, 1.165) is 17.8 Å². The first kappa shape index (κ1) is 17.1. The Bertz CT molecular complexity index is 524. The predicted octanol–water partition coefficient (Wildman–Crippen LogP) is 7.09. The van der Waals surface area contributed by atoms with Crippen LogP contribution in [-0.4, -0.2) is 0 Å². The van der Waals surface area contributed by atoms with Crippen molar-refractivity contribution < 1.29 is 0 Å². The molecule has 0 N–H and O–H groups in total. The first-order valence-corrected chi connectivity index (χ1v) is 9.77. The summed E-state index contributed by atoms with van der Waals surface area (Å²) in [6.07, 6.45) is 11.5. The van der Waals surface area contributed by atoms with E-state index in [2.05, 4.69) is 40.5 Å². The Morgan fingerprint density at radius 1 is 0.826 bits per heavy atom. The van der Waals surface area contributed by atoms with Gasteiger partial charge < -0.3 is 0 Å². The zero-order chi connectivity index (χ0) is 16.8. The third-order valence-corrected chi connectivity index (χ3v) is 8.28. The average Bonchev–Trinajstić information content (AvgIpc) is 2.76. The van der Waals surface area contributed by atoms with E-state index in [9.17, 15) is 0 Å². The molecule has 0 aromatic rings. The van der Waals surface area contributed by atoms with Gasteiger partial charge in [0.15, 0.2) is 0 Å². The van der Waals surface area contributed by atoms with Gasteiger partial charge in [-0.1, -0.05) is 57.2 Å². The summed E-state index contributed by atoms with van der Waals surface area (Å²) < 4.78 is 0. The third kappa shape index (κ3) is 2.87. The predicted molar refractivity (Wildman–Crippen MR) is 101 cm³/mol. The molecule has 3 rings (SSSR count). The zero-order valence-corrected chi connectivity index (χ0v) is 15.7. The van der Waals surface area contributed by atoms with Crippen molar-refractivity contribution in [1.29, 1.82) is 0 Å². The Kier molecular flexibility index (Phi) is 4.40. The fraction of sp³-hybridized carbons (Fsp3) is 0.739. The maximum absolute atomic E-state index is 4.52. The number of hydrogen-bond acceptors (Lipinski definition) is 0. The van der Waals surface area contributed by atoms with Crippen molar-refractivity contribution in [2.75, 3.05) is 0 Å². The number of rotatable bonds is 0. The molecule has 0 radical (unpaired) electrons. The second kappa shape index (κ2) is 5.94. The molecule has 3 aliphatic rings. The molecule has 0 amide bonds. The highest BCUT2D eigenvalue weighted by Crippen LogP contribution is 2.57. The molecule has 0 heterocycles. The summed E-state index contributed by atoms with van der Waals surface area (Å²) in [6, 6.07) is 0. The van der Waals surface area contributed by atoms with Crippen molar-refractivity contribution in [2.24, 2.45) is 28.6 Å². The first-order valence-electron chi connectivity index (χ1n) is 9.77. The van der Waals surface area contributed by atoms with Crippen LogP contribution in [0.3, 0.4) is 0 Å². The van der Waals surface area contributed by atoms with Gasteiger partial charge in [-0.15, -0.1) is 0 Å². The molecular weight excluding hydrogens is 276 g/mol.